The highest BCUT2D eigenvalue weighted by Crippen LogP contribution is 2.15. The van der Waals surface area contributed by atoms with Crippen molar-refractivity contribution in [3.05, 3.63) is 65.2 Å². The van der Waals surface area contributed by atoms with Gasteiger partial charge in [-0.1, -0.05) is 29.8 Å². The lowest BCUT2D eigenvalue weighted by molar-refractivity contribution is -0.200. The van der Waals surface area contributed by atoms with Crippen molar-refractivity contribution in [1.29, 1.82) is 0 Å². The molecule has 1 N–H and O–H groups in total. The van der Waals surface area contributed by atoms with Crippen molar-refractivity contribution < 1.29 is 42.0 Å². The van der Waals surface area contributed by atoms with Crippen LogP contribution in [0, 0.1) is 6.92 Å². The Morgan fingerprint density at radius 1 is 0.919 bits per heavy atom. The van der Waals surface area contributed by atoms with Crippen molar-refractivity contribution in [1.82, 2.24) is 10.4 Å². The third kappa shape index (κ3) is 7.79. The number of nitrogens with one attached hydrogen (secondary N) is 1. The van der Waals surface area contributed by atoms with E-state index in [0.29, 0.717) is 5.06 Å². The van der Waals surface area contributed by atoms with Gasteiger partial charge < -0.3 is 14.9 Å². The van der Waals surface area contributed by atoms with E-state index < -0.39 is 40.1 Å². The summed E-state index contributed by atoms with van der Waals surface area (Å²) >= 11 is 0. The van der Waals surface area contributed by atoms with Crippen molar-refractivity contribution in [3.63, 3.8) is 0 Å². The molecular formula is C25H26N2O9S. The lowest BCUT2D eigenvalue weighted by Crippen LogP contribution is -2.34. The summed E-state index contributed by atoms with van der Waals surface area (Å²) in [6, 6.07) is 12.2. The van der Waals surface area contributed by atoms with E-state index in [0.717, 1.165) is 5.56 Å². The fourth-order valence-electron chi connectivity index (χ4n) is 3.32. The summed E-state index contributed by atoms with van der Waals surface area (Å²) in [6.45, 7) is 1.37. The maximum absolute atomic E-state index is 12.4. The minimum atomic E-state index is -3.59. The third-order valence-corrected chi connectivity index (χ3v) is 7.13. The largest absolute Gasteiger partial charge is 0.368 e. The number of benzene rings is 2. The first-order chi connectivity index (χ1) is 17.6. The molecule has 0 aliphatic carbocycles. The van der Waals surface area contributed by atoms with Crippen LogP contribution in [0.3, 0.4) is 0 Å². The number of aryl methyl sites for hydroxylation is 1. The molecule has 0 saturated carbocycles. The van der Waals surface area contributed by atoms with Crippen molar-refractivity contribution in [3.8, 4) is 0 Å². The summed E-state index contributed by atoms with van der Waals surface area (Å²) in [6.07, 6.45) is -0.213. The Hall–Kier alpha value is -3.90. The van der Waals surface area contributed by atoms with Gasteiger partial charge in [-0.05, 0) is 31.2 Å². The molecule has 0 aromatic heterocycles. The van der Waals surface area contributed by atoms with E-state index in [1.54, 1.807) is 12.1 Å². The van der Waals surface area contributed by atoms with E-state index in [-0.39, 0.29) is 60.0 Å². The van der Waals surface area contributed by atoms with Crippen LogP contribution in [0.4, 0.5) is 0 Å². The number of hydroxylamine groups is 2. The molecule has 0 bridgehead atoms. The van der Waals surface area contributed by atoms with Crippen molar-refractivity contribution in [2.75, 3.05) is 25.5 Å². The normalized spacial score (nSPS) is 13.5. The minimum Gasteiger partial charge on any atom is -0.368 e. The first kappa shape index (κ1) is 27.7. The molecule has 12 heteroatoms. The van der Waals surface area contributed by atoms with E-state index in [1.807, 2.05) is 6.92 Å². The molecule has 3 amide bonds. The topological polar surface area (TPSA) is 153 Å². The number of sulfone groups is 1. The van der Waals surface area contributed by atoms with Gasteiger partial charge in [0.05, 0.1) is 17.3 Å². The van der Waals surface area contributed by atoms with Crippen molar-refractivity contribution in [2.45, 2.75) is 31.1 Å². The van der Waals surface area contributed by atoms with Crippen LogP contribution in [0.1, 0.15) is 45.5 Å². The lowest BCUT2D eigenvalue weighted by Gasteiger charge is -2.12. The monoisotopic (exact) mass is 530 g/mol. The molecule has 0 radical (unpaired) electrons. The van der Waals surface area contributed by atoms with Crippen LogP contribution in [0.25, 0.3) is 0 Å². The highest BCUT2D eigenvalue weighted by Gasteiger charge is 2.32. The zero-order chi connectivity index (χ0) is 27.0. The summed E-state index contributed by atoms with van der Waals surface area (Å²) in [5, 5.41) is 3.00. The second-order valence-electron chi connectivity index (χ2n) is 8.24. The number of ether oxygens (including phenoxy) is 1. The maximum Gasteiger partial charge on any atom is 0.358 e. The molecule has 196 valence electrons. The molecule has 2 aromatic carbocycles. The summed E-state index contributed by atoms with van der Waals surface area (Å²) in [7, 11) is -3.59. The first-order valence-corrected chi connectivity index (χ1v) is 13.1. The fourth-order valence-corrected chi connectivity index (χ4v) is 4.56. The molecule has 1 aliphatic rings. The number of imide groups is 1. The van der Waals surface area contributed by atoms with Crippen LogP contribution in [-0.4, -0.2) is 68.5 Å². The Kier molecular flexibility index (Phi) is 9.25. The number of nitrogens with zero attached hydrogens (tertiary/aromatic N) is 1. The van der Waals surface area contributed by atoms with E-state index in [2.05, 4.69) is 10.2 Å². The predicted molar refractivity (Wildman–Crippen MR) is 129 cm³/mol. The first-order valence-electron chi connectivity index (χ1n) is 11.4. The van der Waals surface area contributed by atoms with Gasteiger partial charge in [0.15, 0.2) is 15.6 Å². The second-order valence-corrected chi connectivity index (χ2v) is 10.3. The molecule has 0 atom stereocenters. The number of amides is 3. The maximum atomic E-state index is 12.4. The number of rotatable bonds is 12. The molecule has 1 fully saturated rings. The van der Waals surface area contributed by atoms with Gasteiger partial charge in [-0.2, -0.15) is 0 Å². The third-order valence-electron chi connectivity index (χ3n) is 5.40. The average molecular weight is 531 g/mol. The summed E-state index contributed by atoms with van der Waals surface area (Å²) in [5.74, 6) is -3.23. The van der Waals surface area contributed by atoms with Gasteiger partial charge in [0.2, 0.25) is 0 Å². The zero-order valence-corrected chi connectivity index (χ0v) is 20.9. The number of hydrogen-bond donors (Lipinski definition) is 1. The van der Waals surface area contributed by atoms with Gasteiger partial charge in [0, 0.05) is 36.9 Å². The second kappa shape index (κ2) is 12.4. The van der Waals surface area contributed by atoms with Crippen LogP contribution < -0.4 is 5.32 Å². The Labute approximate surface area is 213 Å². The quantitative estimate of drug-likeness (QED) is 0.244. The lowest BCUT2D eigenvalue weighted by atomic mass is 10.1. The fraction of sp³-hybridized carbons (Fsp3) is 0.320. The molecule has 2 aromatic rings. The standard InChI is InChI=1S/C25H26N2O9S/c1-17-2-8-20(9-3-17)37(33,34)15-12-21(28)18-4-6-19(7-5-18)25(32)26-13-14-35-16-24(31)36-27-22(29)10-11-23(27)30/h2-9H,10-16H2,1H3,(H,26,32). The number of hydrogen-bond acceptors (Lipinski definition) is 9. The highest BCUT2D eigenvalue weighted by molar-refractivity contribution is 7.91. The van der Waals surface area contributed by atoms with Crippen LogP contribution in [0.15, 0.2) is 53.4 Å². The molecular weight excluding hydrogens is 504 g/mol. The van der Waals surface area contributed by atoms with E-state index in [4.69, 9.17) is 4.74 Å². The van der Waals surface area contributed by atoms with Crippen LogP contribution in [0.2, 0.25) is 0 Å². The molecule has 0 spiro atoms. The average Bonchev–Trinajstić information content (AvgIpc) is 3.19. The highest BCUT2D eigenvalue weighted by atomic mass is 32.2. The summed E-state index contributed by atoms with van der Waals surface area (Å²) in [5.41, 5.74) is 1.49. The molecule has 37 heavy (non-hydrogen) atoms. The smallest absolute Gasteiger partial charge is 0.358 e. The summed E-state index contributed by atoms with van der Waals surface area (Å²) in [4.78, 5) is 63.9. The van der Waals surface area contributed by atoms with Gasteiger partial charge in [-0.15, -0.1) is 5.06 Å². The SMILES string of the molecule is Cc1ccc(S(=O)(=O)CCC(=O)c2ccc(C(=O)NCCOCC(=O)ON3C(=O)CCC3=O)cc2)cc1. The Balaban J connectivity index is 1.38. The van der Waals surface area contributed by atoms with Gasteiger partial charge in [0.25, 0.3) is 17.7 Å². The van der Waals surface area contributed by atoms with Gasteiger partial charge >= 0.3 is 5.97 Å². The van der Waals surface area contributed by atoms with Crippen LogP contribution in [-0.2, 0) is 33.8 Å². The van der Waals surface area contributed by atoms with Crippen molar-refractivity contribution in [2.24, 2.45) is 0 Å². The molecule has 1 aliphatic heterocycles. The van der Waals surface area contributed by atoms with Gasteiger partial charge in [-0.3, -0.25) is 19.2 Å². The molecule has 1 saturated heterocycles. The minimum absolute atomic E-state index is 0.00985. The number of ketones is 1. The van der Waals surface area contributed by atoms with E-state index >= 15 is 0 Å². The Morgan fingerprint density at radius 2 is 1.51 bits per heavy atom. The summed E-state index contributed by atoms with van der Waals surface area (Å²) < 4.78 is 30.0. The predicted octanol–water partition coefficient (Wildman–Crippen LogP) is 1.40. The number of carbonyl (C=O) groups excluding carboxylic acids is 5. The van der Waals surface area contributed by atoms with E-state index in [9.17, 15) is 32.4 Å². The number of Topliss-reactive ketones (excluding diaryl/α,β-unsaturated/α-hetero) is 1. The van der Waals surface area contributed by atoms with Crippen molar-refractivity contribution >= 4 is 39.3 Å². The van der Waals surface area contributed by atoms with E-state index in [1.165, 1.54) is 36.4 Å². The molecule has 0 unspecified atom stereocenters. The van der Waals surface area contributed by atoms with Crippen LogP contribution in [0.5, 0.6) is 0 Å². The molecule has 3 rings (SSSR count). The number of carbonyl (C=O) groups is 5. The Bertz CT molecular complexity index is 1270. The molecule has 1 heterocycles. The Morgan fingerprint density at radius 3 is 2.14 bits per heavy atom. The zero-order valence-electron chi connectivity index (χ0n) is 20.1. The van der Waals surface area contributed by atoms with Gasteiger partial charge in [0.1, 0.15) is 6.61 Å². The molecule has 11 nitrogen and oxygen atoms in total. The van der Waals surface area contributed by atoms with Crippen LogP contribution >= 0.6 is 0 Å². The van der Waals surface area contributed by atoms with Gasteiger partial charge in [-0.25, -0.2) is 13.2 Å².